The molecule has 5 heteroatoms. The molecule has 1 aromatic rings. The quantitative estimate of drug-likeness (QED) is 0.813. The fraction of sp³-hybridized carbons (Fsp3) is 0.833. The molecule has 0 aromatic carbocycles. The van der Waals surface area contributed by atoms with Crippen molar-refractivity contribution >= 4 is 0 Å². The first-order valence-corrected chi connectivity index (χ1v) is 6.40. The fourth-order valence-electron chi connectivity index (χ4n) is 2.34. The van der Waals surface area contributed by atoms with Crippen molar-refractivity contribution in [3.63, 3.8) is 0 Å². The van der Waals surface area contributed by atoms with Crippen LogP contribution in [0.15, 0.2) is 0 Å². The number of hydrogen-bond acceptors (Lipinski definition) is 4. The van der Waals surface area contributed by atoms with Crippen LogP contribution in [0, 0.1) is 12.8 Å². The normalized spacial score (nSPS) is 25.1. The molecular formula is C12H22N4O. The number of hydrogen-bond donors (Lipinski definition) is 2. The third-order valence-electron chi connectivity index (χ3n) is 3.72. The summed E-state index contributed by atoms with van der Waals surface area (Å²) >= 11 is 0. The molecule has 96 valence electrons. The Hall–Kier alpha value is -0.940. The maximum absolute atomic E-state index is 9.43. The van der Waals surface area contributed by atoms with E-state index >= 15 is 0 Å². The van der Waals surface area contributed by atoms with E-state index in [1.165, 1.54) is 0 Å². The van der Waals surface area contributed by atoms with E-state index < -0.39 is 0 Å². The second-order valence-corrected chi connectivity index (χ2v) is 5.03. The zero-order chi connectivity index (χ0) is 12.3. The van der Waals surface area contributed by atoms with Crippen LogP contribution in [0.4, 0.5) is 0 Å². The van der Waals surface area contributed by atoms with Gasteiger partial charge in [-0.2, -0.15) is 0 Å². The lowest BCUT2D eigenvalue weighted by atomic mass is 9.87. The molecule has 5 nitrogen and oxygen atoms in total. The summed E-state index contributed by atoms with van der Waals surface area (Å²) in [6, 6.07) is 0. The van der Waals surface area contributed by atoms with Gasteiger partial charge in [-0.05, 0) is 45.1 Å². The summed E-state index contributed by atoms with van der Waals surface area (Å²) in [6.07, 6.45) is 4.11. The molecule has 1 heterocycles. The van der Waals surface area contributed by atoms with Crippen molar-refractivity contribution in [2.45, 2.75) is 45.3 Å². The van der Waals surface area contributed by atoms with Gasteiger partial charge in [-0.25, -0.2) is 0 Å². The Balaban J connectivity index is 1.71. The van der Waals surface area contributed by atoms with Crippen molar-refractivity contribution in [1.29, 1.82) is 0 Å². The molecule has 1 fully saturated rings. The van der Waals surface area contributed by atoms with E-state index in [0.717, 1.165) is 50.4 Å². The summed E-state index contributed by atoms with van der Waals surface area (Å²) in [6.45, 7) is 3.74. The van der Waals surface area contributed by atoms with Crippen LogP contribution in [0.25, 0.3) is 0 Å². The molecule has 0 radical (unpaired) electrons. The minimum Gasteiger partial charge on any atom is -0.393 e. The highest BCUT2D eigenvalue weighted by molar-refractivity contribution is 4.92. The average molecular weight is 238 g/mol. The van der Waals surface area contributed by atoms with Gasteiger partial charge in [0.15, 0.2) is 0 Å². The molecule has 0 atom stereocenters. The molecule has 2 N–H and O–H groups in total. The molecule has 0 spiro atoms. The van der Waals surface area contributed by atoms with Crippen LogP contribution in [0.5, 0.6) is 0 Å². The Labute approximate surface area is 102 Å². The molecule has 0 bridgehead atoms. The zero-order valence-electron chi connectivity index (χ0n) is 10.7. The Kier molecular flexibility index (Phi) is 4.12. The molecule has 1 aromatic heterocycles. The van der Waals surface area contributed by atoms with Gasteiger partial charge in [0.2, 0.25) is 0 Å². The van der Waals surface area contributed by atoms with E-state index in [1.807, 2.05) is 18.5 Å². The van der Waals surface area contributed by atoms with Crippen molar-refractivity contribution in [3.05, 3.63) is 11.6 Å². The number of nitrogens with one attached hydrogen (secondary N) is 1. The van der Waals surface area contributed by atoms with Crippen LogP contribution in [0.1, 0.15) is 37.3 Å². The molecule has 2 rings (SSSR count). The smallest absolute Gasteiger partial charge is 0.146 e. The number of nitrogens with zero attached hydrogens (tertiary/aromatic N) is 3. The third kappa shape index (κ3) is 3.26. The molecular weight excluding hydrogens is 216 g/mol. The van der Waals surface area contributed by atoms with Gasteiger partial charge in [-0.15, -0.1) is 10.2 Å². The van der Waals surface area contributed by atoms with Gasteiger partial charge in [-0.3, -0.25) is 0 Å². The predicted molar refractivity (Wildman–Crippen MR) is 65.4 cm³/mol. The number of aryl methyl sites for hydroxylation is 1. The van der Waals surface area contributed by atoms with E-state index in [-0.39, 0.29) is 6.10 Å². The average Bonchev–Trinajstić information content (AvgIpc) is 2.64. The summed E-state index contributed by atoms with van der Waals surface area (Å²) in [5.74, 6) is 2.63. The summed E-state index contributed by atoms with van der Waals surface area (Å²) in [5.41, 5.74) is 0. The van der Waals surface area contributed by atoms with Crippen LogP contribution in [0.3, 0.4) is 0 Å². The van der Waals surface area contributed by atoms with E-state index in [4.69, 9.17) is 0 Å². The van der Waals surface area contributed by atoms with Gasteiger partial charge in [0.25, 0.3) is 0 Å². The molecule has 1 aliphatic rings. The SMILES string of the molecule is Cc1nnc(CNCC2CCC(O)CC2)n1C. The van der Waals surface area contributed by atoms with Crippen LogP contribution in [-0.2, 0) is 13.6 Å². The highest BCUT2D eigenvalue weighted by atomic mass is 16.3. The van der Waals surface area contributed by atoms with E-state index in [1.54, 1.807) is 0 Å². The van der Waals surface area contributed by atoms with E-state index in [2.05, 4.69) is 15.5 Å². The highest BCUT2D eigenvalue weighted by Crippen LogP contribution is 2.23. The summed E-state index contributed by atoms with van der Waals surface area (Å²) in [5, 5.41) is 21.0. The molecule has 0 amide bonds. The zero-order valence-corrected chi connectivity index (χ0v) is 10.7. The molecule has 1 saturated carbocycles. The van der Waals surface area contributed by atoms with Crippen molar-refractivity contribution < 1.29 is 5.11 Å². The van der Waals surface area contributed by atoms with E-state index in [0.29, 0.717) is 5.92 Å². The van der Waals surface area contributed by atoms with Crippen LogP contribution in [-0.4, -0.2) is 32.5 Å². The lowest BCUT2D eigenvalue weighted by molar-refractivity contribution is 0.108. The number of aromatic nitrogens is 3. The van der Waals surface area contributed by atoms with Crippen LogP contribution >= 0.6 is 0 Å². The molecule has 1 aliphatic carbocycles. The monoisotopic (exact) mass is 238 g/mol. The van der Waals surface area contributed by atoms with Gasteiger partial charge in [0.1, 0.15) is 11.6 Å². The topological polar surface area (TPSA) is 63.0 Å². The Morgan fingerprint density at radius 1 is 1.29 bits per heavy atom. The second kappa shape index (κ2) is 5.60. The minimum atomic E-state index is -0.0624. The van der Waals surface area contributed by atoms with Crippen LogP contribution in [0.2, 0.25) is 0 Å². The maximum Gasteiger partial charge on any atom is 0.146 e. The molecule has 0 unspecified atom stereocenters. The van der Waals surface area contributed by atoms with Crippen molar-refractivity contribution in [3.8, 4) is 0 Å². The largest absolute Gasteiger partial charge is 0.393 e. The predicted octanol–water partition coefficient (Wildman–Crippen LogP) is 0.764. The van der Waals surface area contributed by atoms with Crippen molar-refractivity contribution in [1.82, 2.24) is 20.1 Å². The first-order chi connectivity index (χ1) is 8.16. The number of aliphatic hydroxyl groups is 1. The standard InChI is InChI=1S/C12H22N4O/c1-9-14-15-12(16(9)2)8-13-7-10-3-5-11(17)6-4-10/h10-11,13,17H,3-8H2,1-2H3. The second-order valence-electron chi connectivity index (χ2n) is 5.03. The van der Waals surface area contributed by atoms with Gasteiger partial charge < -0.3 is 15.0 Å². The minimum absolute atomic E-state index is 0.0624. The number of rotatable bonds is 4. The first kappa shape index (κ1) is 12.5. The lowest BCUT2D eigenvalue weighted by Gasteiger charge is -2.25. The molecule has 17 heavy (non-hydrogen) atoms. The number of aliphatic hydroxyl groups excluding tert-OH is 1. The fourth-order valence-corrected chi connectivity index (χ4v) is 2.34. The van der Waals surface area contributed by atoms with Crippen LogP contribution < -0.4 is 5.32 Å². The molecule has 0 saturated heterocycles. The Bertz CT molecular complexity index is 355. The Morgan fingerprint density at radius 3 is 2.59 bits per heavy atom. The Morgan fingerprint density at radius 2 is 2.00 bits per heavy atom. The summed E-state index contributed by atoms with van der Waals surface area (Å²) in [4.78, 5) is 0. The summed E-state index contributed by atoms with van der Waals surface area (Å²) < 4.78 is 2.01. The highest BCUT2D eigenvalue weighted by Gasteiger charge is 2.18. The van der Waals surface area contributed by atoms with Gasteiger partial charge in [0.05, 0.1) is 12.6 Å². The first-order valence-electron chi connectivity index (χ1n) is 6.40. The van der Waals surface area contributed by atoms with Gasteiger partial charge in [0, 0.05) is 7.05 Å². The van der Waals surface area contributed by atoms with E-state index in [9.17, 15) is 5.11 Å². The third-order valence-corrected chi connectivity index (χ3v) is 3.72. The van der Waals surface area contributed by atoms with Crippen molar-refractivity contribution in [2.75, 3.05) is 6.54 Å². The van der Waals surface area contributed by atoms with Gasteiger partial charge in [-0.1, -0.05) is 0 Å². The lowest BCUT2D eigenvalue weighted by Crippen LogP contribution is -2.28. The maximum atomic E-state index is 9.43. The van der Waals surface area contributed by atoms with Crippen molar-refractivity contribution in [2.24, 2.45) is 13.0 Å². The molecule has 0 aliphatic heterocycles. The summed E-state index contributed by atoms with van der Waals surface area (Å²) in [7, 11) is 1.99. The van der Waals surface area contributed by atoms with Gasteiger partial charge >= 0.3 is 0 Å².